The first-order valence-corrected chi connectivity index (χ1v) is 10.3. The fourth-order valence-corrected chi connectivity index (χ4v) is 3.78. The topological polar surface area (TPSA) is 107 Å². The first kappa shape index (κ1) is 19.2. The van der Waals surface area contributed by atoms with E-state index in [2.05, 4.69) is 42.4 Å². The van der Waals surface area contributed by atoms with E-state index in [-0.39, 0.29) is 5.91 Å². The Labute approximate surface area is 178 Å². The summed E-state index contributed by atoms with van der Waals surface area (Å²) in [6.07, 6.45) is 6.71. The lowest BCUT2D eigenvalue weighted by atomic mass is 10.1. The number of carbonyl (C=O) groups excluding carboxylic acids is 1. The van der Waals surface area contributed by atoms with E-state index < -0.39 is 0 Å². The number of nitrogens with zero attached hydrogens (tertiary/aromatic N) is 7. The van der Waals surface area contributed by atoms with Crippen LogP contribution in [0.15, 0.2) is 49.2 Å². The van der Waals surface area contributed by atoms with Gasteiger partial charge in [0.2, 0.25) is 0 Å². The zero-order valence-electron chi connectivity index (χ0n) is 17.2. The molecule has 1 fully saturated rings. The van der Waals surface area contributed by atoms with Crippen LogP contribution in [0.1, 0.15) is 17.3 Å². The third kappa shape index (κ3) is 3.73. The van der Waals surface area contributed by atoms with Crippen molar-refractivity contribution in [2.45, 2.75) is 6.92 Å². The molecule has 5 rings (SSSR count). The number of aromatic nitrogens is 6. The number of nitrogens with one attached hydrogen (secondary N) is 2. The number of rotatable bonds is 5. The van der Waals surface area contributed by atoms with Gasteiger partial charge < -0.3 is 15.1 Å². The number of hydrogen-bond acceptors (Lipinski definition) is 7. The predicted octanol–water partition coefficient (Wildman–Crippen LogP) is 2.04. The molecule has 1 aliphatic rings. The van der Waals surface area contributed by atoms with Crippen molar-refractivity contribution in [3.63, 3.8) is 0 Å². The molecular formula is C21H23N9O. The maximum Gasteiger partial charge on any atom is 0.253 e. The number of anilines is 2. The maximum atomic E-state index is 12.8. The van der Waals surface area contributed by atoms with E-state index in [1.165, 1.54) is 6.33 Å². The van der Waals surface area contributed by atoms with Gasteiger partial charge in [0.1, 0.15) is 6.33 Å². The van der Waals surface area contributed by atoms with Gasteiger partial charge in [-0.2, -0.15) is 10.2 Å². The Morgan fingerprint density at radius 1 is 1.10 bits per heavy atom. The highest BCUT2D eigenvalue weighted by atomic mass is 16.2. The highest BCUT2D eigenvalue weighted by Crippen LogP contribution is 2.24. The van der Waals surface area contributed by atoms with Gasteiger partial charge in [0.15, 0.2) is 11.5 Å². The molecule has 1 saturated heterocycles. The fraction of sp³-hybridized carbons (Fsp3) is 0.286. The van der Waals surface area contributed by atoms with Crippen LogP contribution >= 0.6 is 0 Å². The van der Waals surface area contributed by atoms with Gasteiger partial charge in [0.25, 0.3) is 5.91 Å². The smallest absolute Gasteiger partial charge is 0.253 e. The Morgan fingerprint density at radius 3 is 2.61 bits per heavy atom. The van der Waals surface area contributed by atoms with Crippen molar-refractivity contribution >= 4 is 23.1 Å². The molecule has 4 heterocycles. The van der Waals surface area contributed by atoms with Gasteiger partial charge in [-0.3, -0.25) is 9.89 Å². The molecule has 0 radical (unpaired) electrons. The molecule has 0 bridgehead atoms. The third-order valence-corrected chi connectivity index (χ3v) is 5.60. The van der Waals surface area contributed by atoms with Gasteiger partial charge in [0.05, 0.1) is 18.1 Å². The van der Waals surface area contributed by atoms with Crippen molar-refractivity contribution in [2.75, 3.05) is 38.0 Å². The Hall–Kier alpha value is -3.79. The lowest BCUT2D eigenvalue weighted by Crippen LogP contribution is -2.48. The molecule has 10 nitrogen and oxygen atoms in total. The van der Waals surface area contributed by atoms with E-state index >= 15 is 0 Å². The molecule has 4 aromatic rings. The van der Waals surface area contributed by atoms with Gasteiger partial charge in [-0.15, -0.1) is 0 Å². The second-order valence-corrected chi connectivity index (χ2v) is 7.40. The first-order valence-electron chi connectivity index (χ1n) is 10.3. The molecule has 0 spiro atoms. The van der Waals surface area contributed by atoms with E-state index in [0.717, 1.165) is 49.7 Å². The van der Waals surface area contributed by atoms with Crippen LogP contribution in [0, 0.1) is 0 Å². The average molecular weight is 417 g/mol. The molecule has 0 saturated carbocycles. The van der Waals surface area contributed by atoms with E-state index in [4.69, 9.17) is 0 Å². The van der Waals surface area contributed by atoms with Gasteiger partial charge in [-0.25, -0.2) is 14.5 Å². The van der Waals surface area contributed by atoms with Crippen LogP contribution in [0.3, 0.4) is 0 Å². The minimum atomic E-state index is 0.0738. The number of aromatic amines is 1. The van der Waals surface area contributed by atoms with Gasteiger partial charge in [-0.05, 0) is 30.8 Å². The van der Waals surface area contributed by atoms with E-state index in [9.17, 15) is 4.79 Å². The van der Waals surface area contributed by atoms with Crippen LogP contribution in [0.5, 0.6) is 0 Å². The third-order valence-electron chi connectivity index (χ3n) is 5.60. The summed E-state index contributed by atoms with van der Waals surface area (Å²) < 4.78 is 1.72. The van der Waals surface area contributed by atoms with Crippen molar-refractivity contribution in [2.24, 2.45) is 0 Å². The van der Waals surface area contributed by atoms with Crippen LogP contribution in [0.25, 0.3) is 16.9 Å². The summed E-state index contributed by atoms with van der Waals surface area (Å²) in [5.41, 5.74) is 3.77. The van der Waals surface area contributed by atoms with Gasteiger partial charge >= 0.3 is 0 Å². The molecule has 10 heteroatoms. The summed E-state index contributed by atoms with van der Waals surface area (Å²) in [5, 5.41) is 14.4. The number of likely N-dealkylation sites (N-methyl/N-ethyl adjacent to an activating group) is 1. The molecule has 0 aliphatic carbocycles. The molecule has 1 amide bonds. The fourth-order valence-electron chi connectivity index (χ4n) is 3.78. The standard InChI is InChI=1S/C21H23N9O/c1-2-28-7-9-29(10-8-28)21(31)15-3-5-17(6-4-15)27-19-20-23-14-26-30(20)18(13-22-19)16-11-24-25-12-16/h3-6,11-14H,2,7-10H2,1H3,(H,22,27)(H,24,25). The molecule has 1 aromatic carbocycles. The zero-order chi connectivity index (χ0) is 21.2. The molecule has 0 atom stereocenters. The number of H-pyrrole nitrogens is 1. The molecule has 3 aromatic heterocycles. The molecule has 0 unspecified atom stereocenters. The Morgan fingerprint density at radius 2 is 1.90 bits per heavy atom. The second-order valence-electron chi connectivity index (χ2n) is 7.40. The molecular weight excluding hydrogens is 394 g/mol. The van der Waals surface area contributed by atoms with Gasteiger partial charge in [0, 0.05) is 49.2 Å². The van der Waals surface area contributed by atoms with Crippen LogP contribution in [-0.4, -0.2) is 78.2 Å². The van der Waals surface area contributed by atoms with Gasteiger partial charge in [-0.1, -0.05) is 6.92 Å². The zero-order valence-corrected chi connectivity index (χ0v) is 17.2. The first-order chi connectivity index (χ1) is 15.2. The summed E-state index contributed by atoms with van der Waals surface area (Å²) in [6, 6.07) is 7.46. The lowest BCUT2D eigenvalue weighted by Gasteiger charge is -2.34. The Kier molecular flexibility index (Phi) is 5.04. The SMILES string of the molecule is CCN1CCN(C(=O)c2ccc(Nc3ncc(-c4cn[nH]c4)n4ncnc34)cc2)CC1. The number of fused-ring (bicyclic) bond motifs is 1. The summed E-state index contributed by atoms with van der Waals surface area (Å²) in [5.74, 6) is 0.657. The van der Waals surface area contributed by atoms with Crippen LogP contribution < -0.4 is 5.32 Å². The monoisotopic (exact) mass is 417 g/mol. The van der Waals surface area contributed by atoms with E-state index in [0.29, 0.717) is 17.0 Å². The summed E-state index contributed by atoms with van der Waals surface area (Å²) >= 11 is 0. The summed E-state index contributed by atoms with van der Waals surface area (Å²) in [4.78, 5) is 25.9. The van der Waals surface area contributed by atoms with Crippen molar-refractivity contribution in [1.82, 2.24) is 39.6 Å². The summed E-state index contributed by atoms with van der Waals surface area (Å²) in [6.45, 7) is 6.57. The second kappa shape index (κ2) is 8.15. The van der Waals surface area contributed by atoms with Crippen LogP contribution in [-0.2, 0) is 0 Å². The largest absolute Gasteiger partial charge is 0.337 e. The molecule has 2 N–H and O–H groups in total. The van der Waals surface area contributed by atoms with E-state index in [1.54, 1.807) is 23.1 Å². The quantitative estimate of drug-likeness (QED) is 0.512. The molecule has 1 aliphatic heterocycles. The molecule has 158 valence electrons. The average Bonchev–Trinajstić information content (AvgIpc) is 3.52. The highest BCUT2D eigenvalue weighted by molar-refractivity contribution is 5.94. The number of hydrogen-bond donors (Lipinski definition) is 2. The van der Waals surface area contributed by atoms with Crippen molar-refractivity contribution in [1.29, 1.82) is 0 Å². The number of piperazine rings is 1. The van der Waals surface area contributed by atoms with Crippen molar-refractivity contribution < 1.29 is 4.79 Å². The van der Waals surface area contributed by atoms with Crippen molar-refractivity contribution in [3.8, 4) is 11.3 Å². The van der Waals surface area contributed by atoms with Crippen LogP contribution in [0.2, 0.25) is 0 Å². The minimum absolute atomic E-state index is 0.0738. The van der Waals surface area contributed by atoms with E-state index in [1.807, 2.05) is 29.2 Å². The summed E-state index contributed by atoms with van der Waals surface area (Å²) in [7, 11) is 0. The number of amides is 1. The predicted molar refractivity (Wildman–Crippen MR) is 116 cm³/mol. The maximum absolute atomic E-state index is 12.8. The lowest BCUT2D eigenvalue weighted by molar-refractivity contribution is 0.0643. The van der Waals surface area contributed by atoms with Crippen LogP contribution in [0.4, 0.5) is 11.5 Å². The Balaban J connectivity index is 1.32. The molecule has 31 heavy (non-hydrogen) atoms. The Bertz CT molecular complexity index is 1180. The van der Waals surface area contributed by atoms with Crippen molar-refractivity contribution in [3.05, 3.63) is 54.7 Å². The number of carbonyl (C=O) groups is 1. The normalized spacial score (nSPS) is 14.8. The highest BCUT2D eigenvalue weighted by Gasteiger charge is 2.21. The number of benzene rings is 1. The minimum Gasteiger partial charge on any atom is -0.337 e.